The van der Waals surface area contributed by atoms with E-state index in [1.807, 2.05) is 0 Å². The lowest BCUT2D eigenvalue weighted by atomic mass is 9.53. The fraction of sp³-hybridized carbons (Fsp3) is 0.952. The van der Waals surface area contributed by atoms with Gasteiger partial charge in [0.15, 0.2) is 0 Å². The largest absolute Gasteiger partial charge is 0.0654 e. The average Bonchev–Trinajstić information content (AvgIpc) is 2.51. The van der Waals surface area contributed by atoms with Crippen molar-refractivity contribution in [2.75, 3.05) is 0 Å². The van der Waals surface area contributed by atoms with Gasteiger partial charge in [-0.05, 0) is 62.7 Å². The highest BCUT2D eigenvalue weighted by Crippen LogP contribution is 2.58. The Hall–Kier alpha value is 0. The highest BCUT2D eigenvalue weighted by Gasteiger charge is 2.45. The second-order valence-corrected chi connectivity index (χ2v) is 8.43. The Labute approximate surface area is 134 Å². The van der Waals surface area contributed by atoms with Gasteiger partial charge in [-0.1, -0.05) is 71.1 Å². The molecule has 2 bridgehead atoms. The van der Waals surface area contributed by atoms with Crippen molar-refractivity contribution in [1.82, 2.24) is 0 Å². The molecule has 0 saturated heterocycles. The predicted molar refractivity (Wildman–Crippen MR) is 94.4 cm³/mol. The third kappa shape index (κ3) is 5.61. The first-order chi connectivity index (χ1) is 10.2. The fourth-order valence-electron chi connectivity index (χ4n) is 4.70. The summed E-state index contributed by atoms with van der Waals surface area (Å²) in [6, 6.07) is 0. The Balaban J connectivity index is 1.44. The van der Waals surface area contributed by atoms with Gasteiger partial charge in [0.25, 0.3) is 0 Å². The summed E-state index contributed by atoms with van der Waals surface area (Å²) in [6.07, 6.45) is 25.0. The Bertz CT molecular complexity index is 253. The molecule has 0 aromatic carbocycles. The Morgan fingerprint density at radius 3 is 1.52 bits per heavy atom. The summed E-state index contributed by atoms with van der Waals surface area (Å²) >= 11 is 0. The van der Waals surface area contributed by atoms with Crippen LogP contribution in [-0.2, 0) is 0 Å². The van der Waals surface area contributed by atoms with Gasteiger partial charge in [0.1, 0.15) is 0 Å². The van der Waals surface area contributed by atoms with E-state index in [4.69, 9.17) is 0 Å². The molecule has 1 radical (unpaired) electrons. The van der Waals surface area contributed by atoms with Gasteiger partial charge in [0, 0.05) is 0 Å². The van der Waals surface area contributed by atoms with Gasteiger partial charge in [-0.15, -0.1) is 0 Å². The van der Waals surface area contributed by atoms with E-state index < -0.39 is 0 Å². The molecule has 0 heterocycles. The van der Waals surface area contributed by atoms with Crippen LogP contribution >= 0.6 is 0 Å². The maximum Gasteiger partial charge on any atom is -0.0297 e. The van der Waals surface area contributed by atoms with E-state index >= 15 is 0 Å². The molecule has 21 heavy (non-hydrogen) atoms. The number of fused-ring (bicyclic) bond motifs is 3. The van der Waals surface area contributed by atoms with Crippen LogP contribution in [0, 0.1) is 17.8 Å². The summed E-state index contributed by atoms with van der Waals surface area (Å²) < 4.78 is 0. The van der Waals surface area contributed by atoms with Gasteiger partial charge in [-0.3, -0.25) is 0 Å². The summed E-state index contributed by atoms with van der Waals surface area (Å²) in [5, 5.41) is 0. The highest BCUT2D eigenvalue weighted by atomic mass is 14.5. The third-order valence-electron chi connectivity index (χ3n) is 6.62. The molecule has 0 aliphatic heterocycles. The van der Waals surface area contributed by atoms with E-state index in [2.05, 4.69) is 13.8 Å². The maximum absolute atomic E-state index is 4.47. The monoisotopic (exact) mass is 291 g/mol. The van der Waals surface area contributed by atoms with Crippen LogP contribution in [0.25, 0.3) is 0 Å². The zero-order chi connectivity index (χ0) is 15.0. The van der Waals surface area contributed by atoms with Gasteiger partial charge >= 0.3 is 0 Å². The summed E-state index contributed by atoms with van der Waals surface area (Å²) in [6.45, 7) is 6.77. The average molecular weight is 292 g/mol. The summed E-state index contributed by atoms with van der Waals surface area (Å²) in [4.78, 5) is 0. The minimum atomic E-state index is 0.500. The second-order valence-electron chi connectivity index (χ2n) is 8.43. The van der Waals surface area contributed by atoms with Crippen LogP contribution in [0.15, 0.2) is 0 Å². The zero-order valence-electron chi connectivity index (χ0n) is 14.7. The van der Waals surface area contributed by atoms with E-state index in [1.54, 1.807) is 0 Å². The van der Waals surface area contributed by atoms with Crippen LogP contribution in [0.1, 0.15) is 116 Å². The normalized spacial score (nSPS) is 31.7. The molecule has 3 saturated carbocycles. The van der Waals surface area contributed by atoms with Gasteiger partial charge in [-0.2, -0.15) is 0 Å². The Morgan fingerprint density at radius 1 is 0.619 bits per heavy atom. The van der Waals surface area contributed by atoms with Crippen molar-refractivity contribution < 1.29 is 0 Å². The minimum absolute atomic E-state index is 0.500. The molecule has 3 aliphatic carbocycles. The van der Waals surface area contributed by atoms with Gasteiger partial charge in [0.2, 0.25) is 0 Å². The summed E-state index contributed by atoms with van der Waals surface area (Å²) in [5.41, 5.74) is 1.26. The molecule has 3 rings (SSSR count). The molecule has 3 aliphatic rings. The van der Waals surface area contributed by atoms with Crippen LogP contribution in [0.3, 0.4) is 0 Å². The molecular formula is C21H39. The molecule has 0 spiro atoms. The molecule has 0 atom stereocenters. The van der Waals surface area contributed by atoms with E-state index in [-0.39, 0.29) is 0 Å². The van der Waals surface area contributed by atoms with Crippen molar-refractivity contribution in [1.29, 1.82) is 0 Å². The molecule has 3 fully saturated rings. The van der Waals surface area contributed by atoms with Crippen LogP contribution < -0.4 is 0 Å². The van der Waals surface area contributed by atoms with Crippen molar-refractivity contribution in [2.24, 2.45) is 10.8 Å². The van der Waals surface area contributed by atoms with Crippen molar-refractivity contribution in [2.45, 2.75) is 116 Å². The predicted octanol–water partition coefficient (Wildman–Crippen LogP) is 7.47. The second kappa shape index (κ2) is 8.59. The Kier molecular flexibility index (Phi) is 7.10. The molecule has 0 heteroatoms. The van der Waals surface area contributed by atoms with E-state index in [0.29, 0.717) is 5.41 Å². The number of hydrogen-bond acceptors (Lipinski definition) is 0. The first-order valence-electron chi connectivity index (χ1n) is 10.0. The topological polar surface area (TPSA) is 0 Å². The van der Waals surface area contributed by atoms with Crippen molar-refractivity contribution >= 4 is 0 Å². The van der Waals surface area contributed by atoms with Crippen molar-refractivity contribution in [3.8, 4) is 0 Å². The van der Waals surface area contributed by atoms with Crippen LogP contribution in [0.5, 0.6) is 0 Å². The number of unbranched alkanes of at least 4 members (excludes halogenated alkanes) is 9. The third-order valence-corrected chi connectivity index (χ3v) is 6.62. The molecule has 0 aromatic rings. The van der Waals surface area contributed by atoms with Crippen LogP contribution in [-0.4, -0.2) is 0 Å². The maximum atomic E-state index is 4.47. The summed E-state index contributed by atoms with van der Waals surface area (Å²) in [7, 11) is 0. The minimum Gasteiger partial charge on any atom is -0.0654 e. The van der Waals surface area contributed by atoms with Crippen molar-refractivity contribution in [3.63, 3.8) is 0 Å². The molecule has 0 amide bonds. The van der Waals surface area contributed by atoms with Crippen LogP contribution in [0.4, 0.5) is 0 Å². The van der Waals surface area contributed by atoms with E-state index in [1.165, 1.54) is 109 Å². The lowest BCUT2D eigenvalue weighted by Crippen LogP contribution is -2.39. The molecule has 0 N–H and O–H groups in total. The molecule has 0 nitrogen and oxygen atoms in total. The quantitative estimate of drug-likeness (QED) is 0.346. The molecule has 123 valence electrons. The van der Waals surface area contributed by atoms with E-state index in [0.717, 1.165) is 5.41 Å². The first kappa shape index (κ1) is 17.4. The SMILES string of the molecule is [CH2]C12CCC(CCCCCCCCCCCC)(CC1)CC2. The highest BCUT2D eigenvalue weighted by molar-refractivity contribution is 5.00. The number of hydrogen-bond donors (Lipinski definition) is 0. The van der Waals surface area contributed by atoms with Crippen molar-refractivity contribution in [3.05, 3.63) is 6.92 Å². The summed E-state index contributed by atoms with van der Waals surface area (Å²) in [5.74, 6) is 0. The molecule has 0 unspecified atom stereocenters. The fourth-order valence-corrected chi connectivity index (χ4v) is 4.70. The van der Waals surface area contributed by atoms with Gasteiger partial charge < -0.3 is 0 Å². The lowest BCUT2D eigenvalue weighted by Gasteiger charge is -2.52. The lowest BCUT2D eigenvalue weighted by molar-refractivity contribution is 0.0114. The van der Waals surface area contributed by atoms with Gasteiger partial charge in [-0.25, -0.2) is 0 Å². The first-order valence-corrected chi connectivity index (χ1v) is 10.0. The smallest absolute Gasteiger partial charge is 0.0297 e. The molecular weight excluding hydrogens is 252 g/mol. The number of rotatable bonds is 11. The van der Waals surface area contributed by atoms with E-state index in [9.17, 15) is 0 Å². The zero-order valence-corrected chi connectivity index (χ0v) is 14.7. The standard InChI is InChI=1S/C21H39/c1-3-4-5-6-7-8-9-10-11-12-13-21-17-14-20(2,15-18-21)16-19-21/h2-19H2,1H3. The molecule has 0 aromatic heterocycles. The Morgan fingerprint density at radius 2 is 1.05 bits per heavy atom. The van der Waals surface area contributed by atoms with Gasteiger partial charge in [0.05, 0.1) is 0 Å². The van der Waals surface area contributed by atoms with Crippen LogP contribution in [0.2, 0.25) is 0 Å².